The highest BCUT2D eigenvalue weighted by atomic mass is 35.5. The van der Waals surface area contributed by atoms with Crippen molar-refractivity contribution in [2.75, 3.05) is 6.61 Å². The number of carbonyl (C=O) groups excluding carboxylic acids is 2. The fourth-order valence-corrected chi connectivity index (χ4v) is 1.54. The maximum atomic E-state index is 11.2. The van der Waals surface area contributed by atoms with Gasteiger partial charge in [0.25, 0.3) is 0 Å². The van der Waals surface area contributed by atoms with E-state index in [0.29, 0.717) is 29.8 Å². The van der Waals surface area contributed by atoms with Crippen LogP contribution in [0.3, 0.4) is 0 Å². The molecule has 0 aliphatic rings. The Kier molecular flexibility index (Phi) is 4.50. The van der Waals surface area contributed by atoms with Crippen molar-refractivity contribution in [2.45, 2.75) is 19.2 Å². The van der Waals surface area contributed by atoms with E-state index in [-0.39, 0.29) is 5.78 Å². The van der Waals surface area contributed by atoms with Gasteiger partial charge < -0.3 is 4.74 Å². The van der Waals surface area contributed by atoms with Crippen molar-refractivity contribution in [3.63, 3.8) is 0 Å². The minimum Gasteiger partial charge on any atom is -0.494 e. The number of hydrogen-bond acceptors (Lipinski definition) is 3. The van der Waals surface area contributed by atoms with Crippen LogP contribution in [0.4, 0.5) is 0 Å². The highest BCUT2D eigenvalue weighted by molar-refractivity contribution is 6.31. The van der Waals surface area contributed by atoms with Crippen molar-refractivity contribution in [2.24, 2.45) is 0 Å². The third-order valence-corrected chi connectivity index (χ3v) is 2.67. The highest BCUT2D eigenvalue weighted by Crippen LogP contribution is 2.28. The lowest BCUT2D eigenvalue weighted by Gasteiger charge is -2.11. The summed E-state index contributed by atoms with van der Waals surface area (Å²) in [6.07, 6.45) is 0.684. The quantitative estimate of drug-likeness (QED) is 0.587. The van der Waals surface area contributed by atoms with Gasteiger partial charge in [0.1, 0.15) is 17.4 Å². The Morgan fingerprint density at radius 3 is 2.75 bits per heavy atom. The topological polar surface area (TPSA) is 43.4 Å². The molecule has 0 saturated carbocycles. The zero-order valence-corrected chi connectivity index (χ0v) is 9.95. The molecule has 1 aromatic rings. The minimum atomic E-state index is -0.805. The lowest BCUT2D eigenvalue weighted by atomic mass is 10.0. The SMILES string of the molecule is CCOc1ccc(C=O)c(C(Cl)C(C)=O)c1. The number of carbonyl (C=O) groups is 2. The van der Waals surface area contributed by atoms with Crippen molar-refractivity contribution < 1.29 is 14.3 Å². The van der Waals surface area contributed by atoms with Crippen LogP contribution in [0.2, 0.25) is 0 Å². The first-order valence-corrected chi connectivity index (χ1v) is 5.40. The summed E-state index contributed by atoms with van der Waals surface area (Å²) < 4.78 is 5.29. The van der Waals surface area contributed by atoms with E-state index in [0.717, 1.165) is 0 Å². The normalized spacial score (nSPS) is 11.9. The van der Waals surface area contributed by atoms with Gasteiger partial charge in [0.05, 0.1) is 6.61 Å². The Morgan fingerprint density at radius 1 is 1.56 bits per heavy atom. The molecule has 1 rings (SSSR count). The number of rotatable bonds is 5. The van der Waals surface area contributed by atoms with Crippen LogP contribution in [-0.4, -0.2) is 18.7 Å². The molecule has 0 spiro atoms. The van der Waals surface area contributed by atoms with E-state index < -0.39 is 5.38 Å². The summed E-state index contributed by atoms with van der Waals surface area (Å²) in [5, 5.41) is -0.805. The van der Waals surface area contributed by atoms with Gasteiger partial charge in [-0.05, 0) is 37.6 Å². The summed E-state index contributed by atoms with van der Waals surface area (Å²) in [6, 6.07) is 4.92. The molecule has 0 aliphatic carbocycles. The van der Waals surface area contributed by atoms with Crippen LogP contribution in [-0.2, 0) is 4.79 Å². The average Bonchev–Trinajstić information content (AvgIpc) is 2.28. The van der Waals surface area contributed by atoms with Gasteiger partial charge in [-0.15, -0.1) is 11.6 Å². The molecule has 0 amide bonds. The Balaban J connectivity index is 3.16. The molecule has 1 atom stereocenters. The van der Waals surface area contributed by atoms with Crippen molar-refractivity contribution in [1.82, 2.24) is 0 Å². The number of ether oxygens (including phenoxy) is 1. The highest BCUT2D eigenvalue weighted by Gasteiger charge is 2.17. The Labute approximate surface area is 99.4 Å². The van der Waals surface area contributed by atoms with Crippen LogP contribution in [0.25, 0.3) is 0 Å². The second kappa shape index (κ2) is 5.66. The number of ketones is 1. The number of aldehydes is 1. The molecule has 16 heavy (non-hydrogen) atoms. The van der Waals surface area contributed by atoms with Crippen LogP contribution >= 0.6 is 11.6 Å². The maximum absolute atomic E-state index is 11.2. The fraction of sp³-hybridized carbons (Fsp3) is 0.333. The van der Waals surface area contributed by atoms with Gasteiger partial charge >= 0.3 is 0 Å². The number of Topliss-reactive ketones (excluding diaryl/α,β-unsaturated/α-hetero) is 1. The Hall–Kier alpha value is -1.35. The van der Waals surface area contributed by atoms with Crippen LogP contribution in [0.15, 0.2) is 18.2 Å². The first-order valence-electron chi connectivity index (χ1n) is 4.96. The summed E-state index contributed by atoms with van der Waals surface area (Å²) in [6.45, 7) is 3.77. The number of halogens is 1. The molecule has 3 nitrogen and oxygen atoms in total. The molecular formula is C12H13ClO3. The van der Waals surface area contributed by atoms with Crippen LogP contribution in [0.1, 0.15) is 35.1 Å². The first-order chi connectivity index (χ1) is 7.60. The number of hydrogen-bond donors (Lipinski definition) is 0. The average molecular weight is 241 g/mol. The van der Waals surface area contributed by atoms with Crippen LogP contribution < -0.4 is 4.74 Å². The van der Waals surface area contributed by atoms with Gasteiger partial charge in [-0.2, -0.15) is 0 Å². The van der Waals surface area contributed by atoms with Crippen molar-refractivity contribution >= 4 is 23.7 Å². The third-order valence-electron chi connectivity index (χ3n) is 2.13. The molecule has 1 aromatic carbocycles. The molecule has 4 heteroatoms. The lowest BCUT2D eigenvalue weighted by molar-refractivity contribution is -0.116. The first kappa shape index (κ1) is 12.7. The van der Waals surface area contributed by atoms with Gasteiger partial charge in [-0.25, -0.2) is 0 Å². The molecule has 0 saturated heterocycles. The molecule has 0 aromatic heterocycles. The van der Waals surface area contributed by atoms with Gasteiger partial charge in [0.2, 0.25) is 0 Å². The van der Waals surface area contributed by atoms with Crippen molar-refractivity contribution in [1.29, 1.82) is 0 Å². The second-order valence-electron chi connectivity index (χ2n) is 3.31. The van der Waals surface area contributed by atoms with E-state index in [1.807, 2.05) is 6.92 Å². The molecule has 86 valence electrons. The smallest absolute Gasteiger partial charge is 0.152 e. The molecule has 0 fully saturated rings. The largest absolute Gasteiger partial charge is 0.494 e. The summed E-state index contributed by atoms with van der Waals surface area (Å²) in [7, 11) is 0. The molecular weight excluding hydrogens is 228 g/mol. The van der Waals surface area contributed by atoms with Crippen LogP contribution in [0, 0.1) is 0 Å². The predicted molar refractivity (Wildman–Crippen MR) is 62.3 cm³/mol. The third kappa shape index (κ3) is 2.83. The molecule has 1 unspecified atom stereocenters. The Bertz CT molecular complexity index is 401. The zero-order chi connectivity index (χ0) is 12.1. The summed E-state index contributed by atoms with van der Waals surface area (Å²) >= 11 is 5.93. The van der Waals surface area contributed by atoms with Gasteiger partial charge in [-0.3, -0.25) is 9.59 Å². The van der Waals surface area contributed by atoms with Gasteiger partial charge in [-0.1, -0.05) is 0 Å². The fourth-order valence-electron chi connectivity index (χ4n) is 1.36. The number of benzene rings is 1. The molecule has 0 bridgehead atoms. The van der Waals surface area contributed by atoms with E-state index >= 15 is 0 Å². The van der Waals surface area contributed by atoms with E-state index in [4.69, 9.17) is 16.3 Å². The molecule has 0 N–H and O–H groups in total. The van der Waals surface area contributed by atoms with E-state index in [2.05, 4.69) is 0 Å². The van der Waals surface area contributed by atoms with E-state index in [1.54, 1.807) is 18.2 Å². The molecule has 0 heterocycles. The van der Waals surface area contributed by atoms with E-state index in [1.165, 1.54) is 6.92 Å². The minimum absolute atomic E-state index is 0.196. The predicted octanol–water partition coefficient (Wildman–Crippen LogP) is 2.77. The maximum Gasteiger partial charge on any atom is 0.152 e. The van der Waals surface area contributed by atoms with Crippen LogP contribution in [0.5, 0.6) is 5.75 Å². The summed E-state index contributed by atoms with van der Waals surface area (Å²) in [5.74, 6) is 0.411. The standard InChI is InChI=1S/C12H13ClO3/c1-3-16-10-5-4-9(7-14)11(6-10)12(13)8(2)15/h4-7,12H,3H2,1-2H3. The van der Waals surface area contributed by atoms with Crippen molar-refractivity contribution in [3.05, 3.63) is 29.3 Å². The van der Waals surface area contributed by atoms with Gasteiger partial charge in [0.15, 0.2) is 5.78 Å². The Morgan fingerprint density at radius 2 is 2.25 bits per heavy atom. The molecule has 0 aliphatic heterocycles. The van der Waals surface area contributed by atoms with E-state index in [9.17, 15) is 9.59 Å². The van der Waals surface area contributed by atoms with Crippen molar-refractivity contribution in [3.8, 4) is 5.75 Å². The second-order valence-corrected chi connectivity index (χ2v) is 3.75. The summed E-state index contributed by atoms with van der Waals surface area (Å²) in [5.41, 5.74) is 0.911. The molecule has 0 radical (unpaired) electrons. The lowest BCUT2D eigenvalue weighted by Crippen LogP contribution is -2.05. The summed E-state index contributed by atoms with van der Waals surface area (Å²) in [4.78, 5) is 22.0. The van der Waals surface area contributed by atoms with Gasteiger partial charge in [0, 0.05) is 5.56 Å². The number of alkyl halides is 1. The zero-order valence-electron chi connectivity index (χ0n) is 9.20. The monoisotopic (exact) mass is 240 g/mol.